The molecule has 2 N–H and O–H groups in total. The lowest BCUT2D eigenvalue weighted by Gasteiger charge is -2.08. The van der Waals surface area contributed by atoms with Gasteiger partial charge in [0.15, 0.2) is 5.76 Å². The van der Waals surface area contributed by atoms with Crippen LogP contribution < -0.4 is 14.8 Å². The van der Waals surface area contributed by atoms with Gasteiger partial charge < -0.3 is 14.5 Å². The summed E-state index contributed by atoms with van der Waals surface area (Å²) in [6.07, 6.45) is 0. The Bertz CT molecular complexity index is 1060. The number of rotatable bonds is 7. The van der Waals surface area contributed by atoms with Crippen LogP contribution in [0, 0.1) is 0 Å². The van der Waals surface area contributed by atoms with Gasteiger partial charge in [-0.05, 0) is 48.5 Å². The summed E-state index contributed by atoms with van der Waals surface area (Å²) < 4.78 is 37.3. The summed E-state index contributed by atoms with van der Waals surface area (Å²) in [5.41, 5.74) is 0.546. The van der Waals surface area contributed by atoms with Crippen LogP contribution in [0.25, 0.3) is 11.0 Å². The van der Waals surface area contributed by atoms with Crippen molar-refractivity contribution in [1.82, 2.24) is 10.0 Å². The molecule has 1 aromatic heterocycles. The Morgan fingerprint density at radius 2 is 1.85 bits per heavy atom. The number of fused-ring (bicyclic) bond motifs is 1. The topological polar surface area (TPSA) is 97.6 Å². The number of nitrogens with one attached hydrogen (secondary N) is 2. The van der Waals surface area contributed by atoms with Crippen molar-refractivity contribution in [2.75, 3.05) is 20.2 Å². The number of carbonyl (C=O) groups excluding carboxylic acids is 1. The van der Waals surface area contributed by atoms with E-state index in [4.69, 9.17) is 20.8 Å². The van der Waals surface area contributed by atoms with E-state index in [-0.39, 0.29) is 23.7 Å². The van der Waals surface area contributed by atoms with E-state index in [9.17, 15) is 13.2 Å². The standard InChI is InChI=1S/C18H17ClN2O5S/c1-25-14-3-5-15(6-4-14)27(23,24)21-9-8-20-18(22)17-11-12-10-13(19)2-7-16(12)26-17/h2-7,10-11,21H,8-9H2,1H3,(H,20,22). The molecule has 0 saturated heterocycles. The Hall–Kier alpha value is -2.55. The molecular weight excluding hydrogens is 392 g/mol. The molecule has 0 saturated carbocycles. The summed E-state index contributed by atoms with van der Waals surface area (Å²) in [6.45, 7) is 0.137. The Morgan fingerprint density at radius 3 is 2.56 bits per heavy atom. The maximum atomic E-state index is 12.2. The van der Waals surface area contributed by atoms with Crippen LogP contribution in [-0.4, -0.2) is 34.5 Å². The molecule has 9 heteroatoms. The number of furan rings is 1. The zero-order valence-corrected chi connectivity index (χ0v) is 15.9. The fourth-order valence-electron chi connectivity index (χ4n) is 2.41. The molecule has 27 heavy (non-hydrogen) atoms. The third-order valence-corrected chi connectivity index (χ3v) is 5.49. The van der Waals surface area contributed by atoms with Crippen molar-refractivity contribution < 1.29 is 22.4 Å². The molecule has 0 aliphatic rings. The molecule has 7 nitrogen and oxygen atoms in total. The Kier molecular flexibility index (Phi) is 5.69. The molecule has 0 fully saturated rings. The summed E-state index contributed by atoms with van der Waals surface area (Å²) in [5, 5.41) is 3.86. The summed E-state index contributed by atoms with van der Waals surface area (Å²) in [4.78, 5) is 12.2. The van der Waals surface area contributed by atoms with E-state index < -0.39 is 15.9 Å². The minimum absolute atomic E-state index is 0.0339. The highest BCUT2D eigenvalue weighted by molar-refractivity contribution is 7.89. The highest BCUT2D eigenvalue weighted by Crippen LogP contribution is 2.23. The predicted molar refractivity (Wildman–Crippen MR) is 102 cm³/mol. The van der Waals surface area contributed by atoms with Gasteiger partial charge in [0.2, 0.25) is 10.0 Å². The average Bonchev–Trinajstić information content (AvgIpc) is 3.08. The quantitative estimate of drug-likeness (QED) is 0.586. The van der Waals surface area contributed by atoms with Crippen molar-refractivity contribution in [1.29, 1.82) is 0 Å². The van der Waals surface area contributed by atoms with Gasteiger partial charge in [-0.3, -0.25) is 4.79 Å². The van der Waals surface area contributed by atoms with Crippen molar-refractivity contribution in [2.45, 2.75) is 4.90 Å². The molecule has 0 aliphatic heterocycles. The van der Waals surface area contributed by atoms with E-state index in [0.717, 1.165) is 0 Å². The van der Waals surface area contributed by atoms with Crippen LogP contribution in [0.5, 0.6) is 5.75 Å². The average molecular weight is 409 g/mol. The molecule has 142 valence electrons. The van der Waals surface area contributed by atoms with Crippen LogP contribution in [0.4, 0.5) is 0 Å². The van der Waals surface area contributed by atoms with E-state index in [1.807, 2.05) is 0 Å². The number of carbonyl (C=O) groups is 1. The van der Waals surface area contributed by atoms with E-state index >= 15 is 0 Å². The lowest BCUT2D eigenvalue weighted by Crippen LogP contribution is -2.34. The Labute approximate surface area is 161 Å². The van der Waals surface area contributed by atoms with Gasteiger partial charge in [0.25, 0.3) is 5.91 Å². The first kappa shape index (κ1) is 19.2. The molecule has 0 radical (unpaired) electrons. The predicted octanol–water partition coefficient (Wildman–Crippen LogP) is 2.80. The van der Waals surface area contributed by atoms with Crippen molar-refractivity contribution in [3.63, 3.8) is 0 Å². The highest BCUT2D eigenvalue weighted by Gasteiger charge is 2.15. The van der Waals surface area contributed by atoms with Crippen LogP contribution in [0.3, 0.4) is 0 Å². The van der Waals surface area contributed by atoms with Gasteiger partial charge >= 0.3 is 0 Å². The zero-order chi connectivity index (χ0) is 19.4. The number of hydrogen-bond donors (Lipinski definition) is 2. The number of methoxy groups -OCH3 is 1. The van der Waals surface area contributed by atoms with Crippen molar-refractivity contribution >= 4 is 38.5 Å². The highest BCUT2D eigenvalue weighted by atomic mass is 35.5. The molecule has 0 aliphatic carbocycles. The lowest BCUT2D eigenvalue weighted by atomic mass is 10.2. The second kappa shape index (κ2) is 7.99. The first-order valence-corrected chi connectivity index (χ1v) is 9.86. The van der Waals surface area contributed by atoms with Crippen LogP contribution in [0.1, 0.15) is 10.6 Å². The van der Waals surface area contributed by atoms with Crippen LogP contribution in [-0.2, 0) is 10.0 Å². The second-order valence-corrected chi connectivity index (χ2v) is 7.83. The third kappa shape index (κ3) is 4.60. The Balaban J connectivity index is 1.54. The molecule has 0 atom stereocenters. The van der Waals surface area contributed by atoms with E-state index in [0.29, 0.717) is 21.7 Å². The molecule has 0 bridgehead atoms. The number of hydrogen-bond acceptors (Lipinski definition) is 5. The second-order valence-electron chi connectivity index (χ2n) is 5.62. The number of amides is 1. The normalized spacial score (nSPS) is 11.5. The molecule has 1 amide bonds. The fraction of sp³-hybridized carbons (Fsp3) is 0.167. The third-order valence-electron chi connectivity index (χ3n) is 3.77. The van der Waals surface area contributed by atoms with E-state index in [1.165, 1.54) is 19.2 Å². The van der Waals surface area contributed by atoms with Gasteiger partial charge in [-0.1, -0.05) is 11.6 Å². The molecule has 0 spiro atoms. The largest absolute Gasteiger partial charge is 0.497 e. The van der Waals surface area contributed by atoms with Crippen molar-refractivity contribution in [3.8, 4) is 5.75 Å². The number of halogens is 1. The first-order chi connectivity index (χ1) is 12.9. The summed E-state index contributed by atoms with van der Waals surface area (Å²) >= 11 is 5.91. The number of benzene rings is 2. The first-order valence-electron chi connectivity index (χ1n) is 8.00. The molecule has 2 aromatic carbocycles. The molecule has 3 aromatic rings. The van der Waals surface area contributed by atoms with Gasteiger partial charge in [-0.25, -0.2) is 13.1 Å². The van der Waals surface area contributed by atoms with Crippen LogP contribution in [0.15, 0.2) is 57.8 Å². The minimum Gasteiger partial charge on any atom is -0.497 e. The molecule has 3 rings (SSSR count). The minimum atomic E-state index is -3.67. The van der Waals surface area contributed by atoms with Gasteiger partial charge in [0.1, 0.15) is 11.3 Å². The Morgan fingerprint density at radius 1 is 1.11 bits per heavy atom. The van der Waals surface area contributed by atoms with Gasteiger partial charge in [-0.2, -0.15) is 0 Å². The monoisotopic (exact) mass is 408 g/mol. The fourth-order valence-corrected chi connectivity index (χ4v) is 3.63. The molecule has 1 heterocycles. The maximum Gasteiger partial charge on any atom is 0.287 e. The van der Waals surface area contributed by atoms with E-state index in [2.05, 4.69) is 10.0 Å². The number of sulfonamides is 1. The molecular formula is C18H17ClN2O5S. The zero-order valence-electron chi connectivity index (χ0n) is 14.4. The summed E-state index contributed by atoms with van der Waals surface area (Å²) in [7, 11) is -2.17. The van der Waals surface area contributed by atoms with Crippen LogP contribution >= 0.6 is 11.6 Å². The SMILES string of the molecule is COc1ccc(S(=O)(=O)NCCNC(=O)c2cc3cc(Cl)ccc3o2)cc1. The number of ether oxygens (including phenoxy) is 1. The summed E-state index contributed by atoms with van der Waals surface area (Å²) in [5.74, 6) is 0.254. The van der Waals surface area contributed by atoms with Crippen molar-refractivity contribution in [2.24, 2.45) is 0 Å². The maximum absolute atomic E-state index is 12.2. The van der Waals surface area contributed by atoms with Gasteiger partial charge in [0, 0.05) is 23.5 Å². The van der Waals surface area contributed by atoms with Gasteiger partial charge in [-0.15, -0.1) is 0 Å². The van der Waals surface area contributed by atoms with Gasteiger partial charge in [0.05, 0.1) is 12.0 Å². The van der Waals surface area contributed by atoms with Crippen molar-refractivity contribution in [3.05, 3.63) is 59.3 Å². The van der Waals surface area contributed by atoms with Crippen LogP contribution in [0.2, 0.25) is 5.02 Å². The van der Waals surface area contributed by atoms with E-state index in [1.54, 1.807) is 36.4 Å². The summed E-state index contributed by atoms with van der Waals surface area (Å²) in [6, 6.07) is 12.6. The lowest BCUT2D eigenvalue weighted by molar-refractivity contribution is 0.0929. The molecule has 0 unspecified atom stereocenters. The smallest absolute Gasteiger partial charge is 0.287 e.